The second kappa shape index (κ2) is 5.74. The largest absolute Gasteiger partial charge is 0.381 e. The number of nitrogens with one attached hydrogen (secondary N) is 1. The van der Waals surface area contributed by atoms with Crippen LogP contribution in [0.3, 0.4) is 0 Å². The highest BCUT2D eigenvalue weighted by Crippen LogP contribution is 2.28. The molecule has 1 aliphatic rings. The van der Waals surface area contributed by atoms with Gasteiger partial charge in [0.2, 0.25) is 0 Å². The van der Waals surface area contributed by atoms with Gasteiger partial charge in [-0.1, -0.05) is 17.7 Å². The quantitative estimate of drug-likeness (QED) is 0.879. The van der Waals surface area contributed by atoms with Crippen molar-refractivity contribution in [2.45, 2.75) is 44.8 Å². The standard InChI is InChI=1S/C14H20ClNO/c1-10-6-7-13(15)14(8-10)16-11-4-3-5-12(9-11)17-2/h6-8,11-12,16H,3-5,9H2,1-2H3. The number of methoxy groups -OCH3 is 1. The predicted molar refractivity (Wildman–Crippen MR) is 72.9 cm³/mol. The molecule has 2 unspecified atom stereocenters. The molecule has 2 nitrogen and oxygen atoms in total. The van der Waals surface area contributed by atoms with Crippen LogP contribution in [-0.4, -0.2) is 19.3 Å². The molecule has 0 aromatic heterocycles. The van der Waals surface area contributed by atoms with E-state index in [1.54, 1.807) is 7.11 Å². The van der Waals surface area contributed by atoms with E-state index in [1.807, 2.05) is 12.1 Å². The third-order valence-electron chi connectivity index (χ3n) is 3.44. The molecule has 0 heterocycles. The molecule has 0 bridgehead atoms. The molecule has 1 saturated carbocycles. The summed E-state index contributed by atoms with van der Waals surface area (Å²) in [7, 11) is 1.80. The number of benzene rings is 1. The number of anilines is 1. The number of aryl methyl sites for hydroxylation is 1. The Bertz CT molecular complexity index is 380. The summed E-state index contributed by atoms with van der Waals surface area (Å²) in [6.45, 7) is 2.08. The lowest BCUT2D eigenvalue weighted by Gasteiger charge is -2.29. The second-order valence-corrected chi connectivity index (χ2v) is 5.26. The van der Waals surface area contributed by atoms with Gasteiger partial charge in [-0.15, -0.1) is 0 Å². The second-order valence-electron chi connectivity index (χ2n) is 4.85. The molecule has 1 aliphatic carbocycles. The van der Waals surface area contributed by atoms with Gasteiger partial charge in [0.15, 0.2) is 0 Å². The number of halogens is 1. The molecule has 1 fully saturated rings. The van der Waals surface area contributed by atoms with Crippen LogP contribution < -0.4 is 5.32 Å². The first-order valence-electron chi connectivity index (χ1n) is 6.24. The van der Waals surface area contributed by atoms with E-state index >= 15 is 0 Å². The highest BCUT2D eigenvalue weighted by Gasteiger charge is 2.21. The van der Waals surface area contributed by atoms with Crippen LogP contribution in [0, 0.1) is 6.92 Å². The number of hydrogen-bond acceptors (Lipinski definition) is 2. The van der Waals surface area contributed by atoms with Gasteiger partial charge in [0.25, 0.3) is 0 Å². The minimum atomic E-state index is 0.393. The van der Waals surface area contributed by atoms with E-state index in [0.717, 1.165) is 17.1 Å². The van der Waals surface area contributed by atoms with Crippen LogP contribution in [0.5, 0.6) is 0 Å². The van der Waals surface area contributed by atoms with Crippen molar-refractivity contribution in [1.82, 2.24) is 0 Å². The van der Waals surface area contributed by atoms with Gasteiger partial charge in [-0.3, -0.25) is 0 Å². The Balaban J connectivity index is 2.02. The van der Waals surface area contributed by atoms with Gasteiger partial charge in [-0.2, -0.15) is 0 Å². The molecule has 1 aromatic carbocycles. The van der Waals surface area contributed by atoms with Crippen LogP contribution in [0.25, 0.3) is 0 Å². The summed E-state index contributed by atoms with van der Waals surface area (Å²) in [4.78, 5) is 0. The van der Waals surface area contributed by atoms with Gasteiger partial charge in [0.1, 0.15) is 0 Å². The summed E-state index contributed by atoms with van der Waals surface area (Å²) in [5, 5.41) is 4.34. The van der Waals surface area contributed by atoms with E-state index in [2.05, 4.69) is 18.3 Å². The Morgan fingerprint density at radius 1 is 1.35 bits per heavy atom. The van der Waals surface area contributed by atoms with Crippen molar-refractivity contribution in [3.63, 3.8) is 0 Å². The van der Waals surface area contributed by atoms with Gasteiger partial charge in [0, 0.05) is 13.2 Å². The third kappa shape index (κ3) is 3.36. The molecule has 2 atom stereocenters. The maximum Gasteiger partial charge on any atom is 0.0637 e. The van der Waals surface area contributed by atoms with E-state index in [1.165, 1.54) is 24.8 Å². The zero-order chi connectivity index (χ0) is 12.3. The molecule has 0 saturated heterocycles. The zero-order valence-electron chi connectivity index (χ0n) is 10.5. The normalized spacial score (nSPS) is 24.6. The topological polar surface area (TPSA) is 21.3 Å². The molecule has 3 heteroatoms. The molecule has 0 amide bonds. The van der Waals surface area contributed by atoms with Crippen molar-refractivity contribution in [3.05, 3.63) is 28.8 Å². The molecule has 0 aliphatic heterocycles. The summed E-state index contributed by atoms with van der Waals surface area (Å²) in [6.07, 6.45) is 5.06. The zero-order valence-corrected chi connectivity index (χ0v) is 11.3. The Kier molecular flexibility index (Phi) is 4.30. The lowest BCUT2D eigenvalue weighted by Crippen LogP contribution is -2.31. The predicted octanol–water partition coefficient (Wildman–Crippen LogP) is 4.02. The Labute approximate surface area is 108 Å². The first-order chi connectivity index (χ1) is 8.19. The maximum atomic E-state index is 6.19. The van der Waals surface area contributed by atoms with E-state index in [0.29, 0.717) is 12.1 Å². The average Bonchev–Trinajstić information content (AvgIpc) is 2.34. The molecule has 0 radical (unpaired) electrons. The minimum Gasteiger partial charge on any atom is -0.381 e. The maximum absolute atomic E-state index is 6.19. The van der Waals surface area contributed by atoms with Crippen molar-refractivity contribution >= 4 is 17.3 Å². The fraction of sp³-hybridized carbons (Fsp3) is 0.571. The fourth-order valence-electron chi connectivity index (χ4n) is 2.46. The number of ether oxygens (including phenoxy) is 1. The van der Waals surface area contributed by atoms with Gasteiger partial charge in [-0.25, -0.2) is 0 Å². The van der Waals surface area contributed by atoms with Gasteiger partial charge >= 0.3 is 0 Å². The van der Waals surface area contributed by atoms with Crippen LogP contribution in [0.1, 0.15) is 31.2 Å². The molecule has 0 spiro atoms. The molecule has 94 valence electrons. The summed E-state index contributed by atoms with van der Waals surface area (Å²) in [6, 6.07) is 6.58. The Morgan fingerprint density at radius 2 is 2.18 bits per heavy atom. The van der Waals surface area contributed by atoms with Crippen LogP contribution in [0.15, 0.2) is 18.2 Å². The highest BCUT2D eigenvalue weighted by atomic mass is 35.5. The van der Waals surface area contributed by atoms with E-state index in [4.69, 9.17) is 16.3 Å². The van der Waals surface area contributed by atoms with Crippen molar-refractivity contribution < 1.29 is 4.74 Å². The highest BCUT2D eigenvalue weighted by molar-refractivity contribution is 6.33. The van der Waals surface area contributed by atoms with Crippen LogP contribution in [0.2, 0.25) is 5.02 Å². The van der Waals surface area contributed by atoms with Crippen LogP contribution in [-0.2, 0) is 4.74 Å². The van der Waals surface area contributed by atoms with Crippen LogP contribution >= 0.6 is 11.6 Å². The van der Waals surface area contributed by atoms with E-state index in [9.17, 15) is 0 Å². The molecule has 2 rings (SSSR count). The lowest BCUT2D eigenvalue weighted by molar-refractivity contribution is 0.0669. The summed E-state index contributed by atoms with van der Waals surface area (Å²) in [5.74, 6) is 0. The van der Waals surface area contributed by atoms with Crippen molar-refractivity contribution in [2.75, 3.05) is 12.4 Å². The summed E-state index contributed by atoms with van der Waals surface area (Å²) >= 11 is 6.19. The van der Waals surface area contributed by atoms with Gasteiger partial charge < -0.3 is 10.1 Å². The molecule has 1 N–H and O–H groups in total. The third-order valence-corrected chi connectivity index (χ3v) is 3.77. The van der Waals surface area contributed by atoms with Crippen molar-refractivity contribution in [3.8, 4) is 0 Å². The Morgan fingerprint density at radius 3 is 2.94 bits per heavy atom. The molecular weight excluding hydrogens is 234 g/mol. The van der Waals surface area contributed by atoms with Crippen LogP contribution in [0.4, 0.5) is 5.69 Å². The molecule has 17 heavy (non-hydrogen) atoms. The summed E-state index contributed by atoms with van der Waals surface area (Å²) in [5.41, 5.74) is 2.28. The Hall–Kier alpha value is -0.730. The summed E-state index contributed by atoms with van der Waals surface area (Å²) < 4.78 is 5.44. The lowest BCUT2D eigenvalue weighted by atomic mass is 9.92. The number of hydrogen-bond donors (Lipinski definition) is 1. The fourth-order valence-corrected chi connectivity index (χ4v) is 2.63. The first kappa shape index (κ1) is 12.7. The smallest absolute Gasteiger partial charge is 0.0637 e. The molecule has 1 aromatic rings. The van der Waals surface area contributed by atoms with E-state index in [-0.39, 0.29) is 0 Å². The first-order valence-corrected chi connectivity index (χ1v) is 6.62. The molecular formula is C14H20ClNO. The van der Waals surface area contributed by atoms with E-state index < -0.39 is 0 Å². The minimum absolute atomic E-state index is 0.393. The SMILES string of the molecule is COC1CCCC(Nc2cc(C)ccc2Cl)C1. The average molecular weight is 254 g/mol. The van der Waals surface area contributed by atoms with Gasteiger partial charge in [-0.05, 0) is 50.3 Å². The van der Waals surface area contributed by atoms with Crippen molar-refractivity contribution in [2.24, 2.45) is 0 Å². The monoisotopic (exact) mass is 253 g/mol. The van der Waals surface area contributed by atoms with Crippen molar-refractivity contribution in [1.29, 1.82) is 0 Å². The van der Waals surface area contributed by atoms with Gasteiger partial charge in [0.05, 0.1) is 16.8 Å². The number of rotatable bonds is 3.